The first-order chi connectivity index (χ1) is 9.60. The molecule has 1 aliphatic heterocycles. The predicted molar refractivity (Wildman–Crippen MR) is 87.4 cm³/mol. The summed E-state index contributed by atoms with van der Waals surface area (Å²) >= 11 is 3.66. The molecule has 0 bridgehead atoms. The number of rotatable bonds is 5. The van der Waals surface area contributed by atoms with E-state index in [-0.39, 0.29) is 0 Å². The molecule has 1 atom stereocenters. The molecule has 0 aliphatic carbocycles. The van der Waals surface area contributed by atoms with Gasteiger partial charge in [-0.3, -0.25) is 0 Å². The van der Waals surface area contributed by atoms with Crippen molar-refractivity contribution in [2.45, 2.75) is 38.8 Å². The zero-order valence-electron chi connectivity index (χ0n) is 12.7. The smallest absolute Gasteiger partial charge is 0.120 e. The van der Waals surface area contributed by atoms with E-state index in [2.05, 4.69) is 65.2 Å². The van der Waals surface area contributed by atoms with Gasteiger partial charge in [-0.05, 0) is 51.1 Å². The molecule has 2 rings (SSSR count). The molecule has 4 heteroatoms. The van der Waals surface area contributed by atoms with Crippen molar-refractivity contribution in [1.82, 2.24) is 10.2 Å². The Hall–Kier alpha value is -0.580. The summed E-state index contributed by atoms with van der Waals surface area (Å²) in [6, 6.07) is 6.70. The molecule has 0 radical (unpaired) electrons. The van der Waals surface area contributed by atoms with Crippen LogP contribution in [0.1, 0.15) is 38.3 Å². The largest absolute Gasteiger partial charge is 0.490 e. The van der Waals surface area contributed by atoms with Gasteiger partial charge in [0.2, 0.25) is 0 Å². The summed E-state index contributed by atoms with van der Waals surface area (Å²) < 4.78 is 7.22. The van der Waals surface area contributed by atoms with Crippen LogP contribution in [0.5, 0.6) is 5.75 Å². The number of nitrogens with one attached hydrogen (secondary N) is 1. The Kier molecular flexibility index (Phi) is 5.87. The van der Waals surface area contributed by atoms with E-state index in [0.29, 0.717) is 12.1 Å². The summed E-state index contributed by atoms with van der Waals surface area (Å²) in [5.74, 6) is 0.971. The Bertz CT molecular complexity index is 430. The van der Waals surface area contributed by atoms with Gasteiger partial charge < -0.3 is 15.0 Å². The Labute approximate surface area is 130 Å². The monoisotopic (exact) mass is 340 g/mol. The first kappa shape index (κ1) is 15.8. The highest BCUT2D eigenvalue weighted by Crippen LogP contribution is 2.29. The first-order valence-electron chi connectivity index (χ1n) is 7.48. The maximum atomic E-state index is 6.10. The lowest BCUT2D eigenvalue weighted by atomic mass is 10.1. The second kappa shape index (κ2) is 7.43. The average Bonchev–Trinajstić information content (AvgIpc) is 2.42. The first-order valence-corrected chi connectivity index (χ1v) is 8.27. The van der Waals surface area contributed by atoms with E-state index in [1.165, 1.54) is 5.56 Å². The van der Waals surface area contributed by atoms with Crippen LogP contribution in [0.25, 0.3) is 0 Å². The molecule has 3 nitrogen and oxygen atoms in total. The number of piperidine rings is 1. The molecular formula is C16H25BrN2O. The summed E-state index contributed by atoms with van der Waals surface area (Å²) in [4.78, 5) is 2.36. The third-order valence-electron chi connectivity index (χ3n) is 3.92. The molecule has 112 valence electrons. The van der Waals surface area contributed by atoms with Crippen molar-refractivity contribution in [2.75, 3.05) is 26.7 Å². The van der Waals surface area contributed by atoms with E-state index in [0.717, 1.165) is 42.7 Å². The lowest BCUT2D eigenvalue weighted by molar-refractivity contribution is 0.114. The molecule has 1 heterocycles. The van der Waals surface area contributed by atoms with Crippen molar-refractivity contribution in [3.05, 3.63) is 28.2 Å². The zero-order chi connectivity index (χ0) is 14.5. The van der Waals surface area contributed by atoms with Crippen molar-refractivity contribution < 1.29 is 4.74 Å². The number of halogens is 1. The fourth-order valence-corrected chi connectivity index (χ4v) is 3.34. The van der Waals surface area contributed by atoms with Gasteiger partial charge in [0.15, 0.2) is 0 Å². The zero-order valence-corrected chi connectivity index (χ0v) is 14.2. The fourth-order valence-electron chi connectivity index (χ4n) is 2.64. The van der Waals surface area contributed by atoms with Gasteiger partial charge in [0.1, 0.15) is 11.9 Å². The van der Waals surface area contributed by atoms with Crippen LogP contribution >= 0.6 is 15.9 Å². The molecule has 0 spiro atoms. The molecule has 1 aromatic carbocycles. The van der Waals surface area contributed by atoms with Gasteiger partial charge in [-0.25, -0.2) is 0 Å². The van der Waals surface area contributed by atoms with Crippen LogP contribution in [0.3, 0.4) is 0 Å². The fraction of sp³-hybridized carbons (Fsp3) is 0.625. The topological polar surface area (TPSA) is 24.5 Å². The molecule has 1 aromatic rings. The van der Waals surface area contributed by atoms with Crippen LogP contribution in [-0.2, 0) is 0 Å². The van der Waals surface area contributed by atoms with Crippen LogP contribution in [0.15, 0.2) is 22.7 Å². The number of benzene rings is 1. The molecule has 0 amide bonds. The van der Waals surface area contributed by atoms with Crippen molar-refractivity contribution in [1.29, 1.82) is 0 Å². The van der Waals surface area contributed by atoms with Crippen molar-refractivity contribution in [2.24, 2.45) is 0 Å². The van der Waals surface area contributed by atoms with Crippen LogP contribution in [0.2, 0.25) is 0 Å². The number of likely N-dealkylation sites (tertiary alicyclic amines) is 1. The normalized spacial score (nSPS) is 19.0. The summed E-state index contributed by atoms with van der Waals surface area (Å²) in [5.41, 5.74) is 1.28. The van der Waals surface area contributed by atoms with Gasteiger partial charge in [0.05, 0.1) is 0 Å². The van der Waals surface area contributed by atoms with Crippen LogP contribution in [0.4, 0.5) is 0 Å². The second-order valence-corrected chi connectivity index (χ2v) is 6.44. The number of hydrogen-bond donors (Lipinski definition) is 1. The quantitative estimate of drug-likeness (QED) is 0.886. The maximum Gasteiger partial charge on any atom is 0.120 e. The molecule has 1 unspecified atom stereocenters. The minimum atomic E-state index is 0.353. The van der Waals surface area contributed by atoms with Gasteiger partial charge >= 0.3 is 0 Å². The Morgan fingerprint density at radius 1 is 1.40 bits per heavy atom. The lowest BCUT2D eigenvalue weighted by Gasteiger charge is -2.29. The molecule has 0 saturated carbocycles. The van der Waals surface area contributed by atoms with Gasteiger partial charge in [0, 0.05) is 23.6 Å². The van der Waals surface area contributed by atoms with Gasteiger partial charge in [0.25, 0.3) is 0 Å². The highest BCUT2D eigenvalue weighted by Gasteiger charge is 2.18. The molecule has 20 heavy (non-hydrogen) atoms. The van der Waals surface area contributed by atoms with Crippen molar-refractivity contribution in [3.8, 4) is 5.75 Å². The highest BCUT2D eigenvalue weighted by atomic mass is 79.9. The second-order valence-electron chi connectivity index (χ2n) is 5.58. The van der Waals surface area contributed by atoms with Crippen molar-refractivity contribution >= 4 is 15.9 Å². The predicted octanol–water partition coefficient (Wildman–Crippen LogP) is 3.59. The summed E-state index contributed by atoms with van der Waals surface area (Å²) in [6.07, 6.45) is 2.59. The van der Waals surface area contributed by atoms with E-state index >= 15 is 0 Å². The maximum absolute atomic E-state index is 6.10. The van der Waals surface area contributed by atoms with Gasteiger partial charge in [-0.1, -0.05) is 28.9 Å². The highest BCUT2D eigenvalue weighted by molar-refractivity contribution is 9.10. The van der Waals surface area contributed by atoms with Crippen LogP contribution < -0.4 is 10.1 Å². The summed E-state index contributed by atoms with van der Waals surface area (Å²) in [5, 5.41) is 3.43. The third-order valence-corrected chi connectivity index (χ3v) is 4.60. The standard InChI is InChI=1S/C16H25BrN2O/c1-4-18-12(2)15-6-5-14(11-16(15)17)20-13-7-9-19(3)10-8-13/h5-6,11-13,18H,4,7-10H2,1-3H3. The van der Waals surface area contributed by atoms with E-state index < -0.39 is 0 Å². The Morgan fingerprint density at radius 3 is 2.70 bits per heavy atom. The third kappa shape index (κ3) is 4.21. The van der Waals surface area contributed by atoms with E-state index in [4.69, 9.17) is 4.74 Å². The van der Waals surface area contributed by atoms with Crippen LogP contribution in [0, 0.1) is 0 Å². The SMILES string of the molecule is CCNC(C)c1ccc(OC2CCN(C)CC2)cc1Br. The summed E-state index contributed by atoms with van der Waals surface area (Å²) in [6.45, 7) is 7.53. The average molecular weight is 341 g/mol. The molecule has 1 fully saturated rings. The van der Waals surface area contributed by atoms with Gasteiger partial charge in [-0.2, -0.15) is 0 Å². The number of ether oxygens (including phenoxy) is 1. The van der Waals surface area contributed by atoms with E-state index in [9.17, 15) is 0 Å². The molecule has 1 saturated heterocycles. The molecule has 1 N–H and O–H groups in total. The Balaban J connectivity index is 1.98. The van der Waals surface area contributed by atoms with E-state index in [1.807, 2.05) is 0 Å². The number of nitrogens with zero attached hydrogens (tertiary/aromatic N) is 1. The molecule has 1 aliphatic rings. The molecular weight excluding hydrogens is 316 g/mol. The summed E-state index contributed by atoms with van der Waals surface area (Å²) in [7, 11) is 2.17. The Morgan fingerprint density at radius 2 is 2.10 bits per heavy atom. The minimum absolute atomic E-state index is 0.353. The lowest BCUT2D eigenvalue weighted by Crippen LogP contribution is -2.35. The number of hydrogen-bond acceptors (Lipinski definition) is 3. The van der Waals surface area contributed by atoms with Crippen LogP contribution in [-0.4, -0.2) is 37.7 Å². The molecule has 0 aromatic heterocycles. The van der Waals surface area contributed by atoms with E-state index in [1.54, 1.807) is 0 Å². The van der Waals surface area contributed by atoms with Gasteiger partial charge in [-0.15, -0.1) is 0 Å². The van der Waals surface area contributed by atoms with Crippen molar-refractivity contribution in [3.63, 3.8) is 0 Å². The minimum Gasteiger partial charge on any atom is -0.490 e.